The summed E-state index contributed by atoms with van der Waals surface area (Å²) in [6.07, 6.45) is 10.2. The molecule has 0 amide bonds. The molecule has 2 aromatic rings. The minimum atomic E-state index is 0.168. The molecule has 1 nitrogen and oxygen atoms in total. The van der Waals surface area contributed by atoms with Crippen LogP contribution in [0.15, 0.2) is 47.5 Å². The van der Waals surface area contributed by atoms with Gasteiger partial charge in [0.15, 0.2) is 0 Å². The highest BCUT2D eigenvalue weighted by atomic mass is 14.8. The third-order valence-electron chi connectivity index (χ3n) is 3.41. The van der Waals surface area contributed by atoms with E-state index in [1.165, 1.54) is 16.3 Å². The summed E-state index contributed by atoms with van der Waals surface area (Å²) < 4.78 is 0. The van der Waals surface area contributed by atoms with Crippen LogP contribution >= 0.6 is 0 Å². The molecular formula is C18H16N. The van der Waals surface area contributed by atoms with Crippen LogP contribution in [0.5, 0.6) is 0 Å². The number of fused-ring (bicyclic) bond motifs is 1. The molecule has 1 fully saturated rings. The Kier molecular flexibility index (Phi) is 3.63. The number of rotatable bonds is 3. The van der Waals surface area contributed by atoms with Gasteiger partial charge in [0, 0.05) is 12.1 Å². The first-order valence-corrected chi connectivity index (χ1v) is 6.57. The van der Waals surface area contributed by atoms with Gasteiger partial charge in [-0.15, -0.1) is 0 Å². The lowest BCUT2D eigenvalue weighted by molar-refractivity contribution is 0.832. The van der Waals surface area contributed by atoms with Crippen molar-refractivity contribution in [1.82, 2.24) is 0 Å². The zero-order valence-corrected chi connectivity index (χ0v) is 11.0. The molecule has 1 unspecified atom stereocenters. The lowest BCUT2D eigenvalue weighted by Gasteiger charge is -2.11. The lowest BCUT2D eigenvalue weighted by Crippen LogP contribution is -1.97. The SMILES string of the molecule is CC(N=C[C]1[CH][CH][CH][CH]1)c1cccc2ccccc12. The van der Waals surface area contributed by atoms with Crippen molar-refractivity contribution in [3.05, 3.63) is 79.6 Å². The van der Waals surface area contributed by atoms with Gasteiger partial charge < -0.3 is 0 Å². The third kappa shape index (κ3) is 2.70. The van der Waals surface area contributed by atoms with Gasteiger partial charge >= 0.3 is 0 Å². The molecule has 0 heterocycles. The average molecular weight is 246 g/mol. The van der Waals surface area contributed by atoms with Crippen molar-refractivity contribution in [3.63, 3.8) is 0 Å². The molecule has 19 heavy (non-hydrogen) atoms. The van der Waals surface area contributed by atoms with E-state index in [0.717, 1.165) is 5.92 Å². The van der Waals surface area contributed by atoms with Gasteiger partial charge in [-0.25, -0.2) is 0 Å². The smallest absolute Gasteiger partial charge is 0.0723 e. The van der Waals surface area contributed by atoms with Crippen molar-refractivity contribution in [2.24, 2.45) is 4.99 Å². The molecule has 93 valence electrons. The fourth-order valence-corrected chi connectivity index (χ4v) is 2.37. The number of aliphatic imine (C=N–C) groups is 1. The second-order valence-corrected chi connectivity index (χ2v) is 4.74. The maximum absolute atomic E-state index is 4.66. The van der Waals surface area contributed by atoms with Crippen molar-refractivity contribution in [3.8, 4) is 0 Å². The van der Waals surface area contributed by atoms with Crippen LogP contribution in [0.3, 0.4) is 0 Å². The van der Waals surface area contributed by atoms with E-state index in [1.807, 2.05) is 19.1 Å². The van der Waals surface area contributed by atoms with Crippen LogP contribution in [0.25, 0.3) is 10.8 Å². The monoisotopic (exact) mass is 246 g/mol. The molecule has 2 aromatic carbocycles. The van der Waals surface area contributed by atoms with Crippen LogP contribution in [-0.4, -0.2) is 6.21 Å². The minimum absolute atomic E-state index is 0.168. The number of hydrogen-bond acceptors (Lipinski definition) is 1. The Morgan fingerprint density at radius 2 is 1.68 bits per heavy atom. The quantitative estimate of drug-likeness (QED) is 0.713. The van der Waals surface area contributed by atoms with Crippen LogP contribution in [0.4, 0.5) is 0 Å². The van der Waals surface area contributed by atoms with E-state index in [0.29, 0.717) is 0 Å². The van der Waals surface area contributed by atoms with Gasteiger partial charge in [-0.1, -0.05) is 42.5 Å². The van der Waals surface area contributed by atoms with E-state index in [-0.39, 0.29) is 6.04 Å². The Balaban J connectivity index is 1.86. The number of hydrogen-bond donors (Lipinski definition) is 0. The second kappa shape index (κ2) is 5.56. The van der Waals surface area contributed by atoms with Gasteiger partial charge in [-0.3, -0.25) is 4.99 Å². The van der Waals surface area contributed by atoms with Gasteiger partial charge in [0.1, 0.15) is 0 Å². The van der Waals surface area contributed by atoms with Crippen molar-refractivity contribution in [2.45, 2.75) is 13.0 Å². The van der Waals surface area contributed by atoms with Crippen molar-refractivity contribution >= 4 is 17.0 Å². The van der Waals surface area contributed by atoms with Crippen LogP contribution in [-0.2, 0) is 0 Å². The molecule has 1 saturated carbocycles. The summed E-state index contributed by atoms with van der Waals surface area (Å²) in [5.41, 5.74) is 1.28. The van der Waals surface area contributed by atoms with E-state index in [9.17, 15) is 0 Å². The van der Waals surface area contributed by atoms with Crippen LogP contribution < -0.4 is 0 Å². The summed E-state index contributed by atoms with van der Waals surface area (Å²) in [6.45, 7) is 2.14. The van der Waals surface area contributed by atoms with Gasteiger partial charge in [-0.05, 0) is 48.9 Å². The summed E-state index contributed by atoms with van der Waals surface area (Å²) in [4.78, 5) is 4.66. The summed E-state index contributed by atoms with van der Waals surface area (Å²) in [5, 5.41) is 2.56. The Morgan fingerprint density at radius 1 is 0.947 bits per heavy atom. The fraction of sp³-hybridized carbons (Fsp3) is 0.111. The molecule has 1 atom stereocenters. The molecule has 0 aromatic heterocycles. The molecular weight excluding hydrogens is 230 g/mol. The van der Waals surface area contributed by atoms with Crippen LogP contribution in [0, 0.1) is 31.6 Å². The van der Waals surface area contributed by atoms with Crippen molar-refractivity contribution < 1.29 is 0 Å². The summed E-state index contributed by atoms with van der Waals surface area (Å²) in [7, 11) is 0. The minimum Gasteiger partial charge on any atom is -0.289 e. The third-order valence-corrected chi connectivity index (χ3v) is 3.41. The van der Waals surface area contributed by atoms with E-state index in [4.69, 9.17) is 0 Å². The first-order valence-electron chi connectivity index (χ1n) is 6.57. The number of nitrogens with zero attached hydrogens (tertiary/aromatic N) is 1. The van der Waals surface area contributed by atoms with E-state index in [1.54, 1.807) is 0 Å². The Labute approximate surface area is 115 Å². The largest absolute Gasteiger partial charge is 0.289 e. The first kappa shape index (κ1) is 12.4. The van der Waals surface area contributed by atoms with Crippen LogP contribution in [0.2, 0.25) is 0 Å². The van der Waals surface area contributed by atoms with Gasteiger partial charge in [0.25, 0.3) is 0 Å². The standard InChI is InChI=1S/C18H16N/c1-14(19-13-15-7-2-3-8-15)17-12-6-10-16-9-4-5-11-18(16)17/h2-14H,1H3. The van der Waals surface area contributed by atoms with Crippen molar-refractivity contribution in [2.75, 3.05) is 0 Å². The molecule has 0 bridgehead atoms. The molecule has 0 N–H and O–H groups in total. The van der Waals surface area contributed by atoms with Crippen molar-refractivity contribution in [1.29, 1.82) is 0 Å². The highest BCUT2D eigenvalue weighted by molar-refractivity contribution is 5.87. The maximum Gasteiger partial charge on any atom is 0.0723 e. The second-order valence-electron chi connectivity index (χ2n) is 4.74. The summed E-state index contributed by atoms with van der Waals surface area (Å²) in [5.74, 6) is 1.16. The molecule has 1 heteroatoms. The number of benzene rings is 2. The molecule has 3 rings (SSSR count). The molecule has 0 saturated heterocycles. The predicted octanol–water partition coefficient (Wildman–Crippen LogP) is 4.38. The fourth-order valence-electron chi connectivity index (χ4n) is 2.37. The summed E-state index contributed by atoms with van der Waals surface area (Å²) >= 11 is 0. The van der Waals surface area contributed by atoms with E-state index in [2.05, 4.69) is 67.2 Å². The first-order chi connectivity index (χ1) is 9.34. The predicted molar refractivity (Wildman–Crippen MR) is 81.3 cm³/mol. The molecule has 1 aliphatic carbocycles. The normalized spacial score (nSPS) is 18.4. The molecule has 1 aliphatic rings. The Hall–Kier alpha value is -1.63. The van der Waals surface area contributed by atoms with Gasteiger partial charge in [0.2, 0.25) is 0 Å². The molecule has 0 aliphatic heterocycles. The van der Waals surface area contributed by atoms with E-state index >= 15 is 0 Å². The Morgan fingerprint density at radius 3 is 2.53 bits per heavy atom. The van der Waals surface area contributed by atoms with Crippen LogP contribution in [0.1, 0.15) is 18.5 Å². The zero-order valence-electron chi connectivity index (χ0n) is 11.0. The molecule has 5 radical (unpaired) electrons. The van der Waals surface area contributed by atoms with Gasteiger partial charge in [0.05, 0.1) is 6.04 Å². The topological polar surface area (TPSA) is 12.4 Å². The highest BCUT2D eigenvalue weighted by Crippen LogP contribution is 2.27. The maximum atomic E-state index is 4.66. The lowest BCUT2D eigenvalue weighted by atomic mass is 10.00. The molecule has 0 spiro atoms. The zero-order chi connectivity index (χ0) is 13.1. The van der Waals surface area contributed by atoms with E-state index < -0.39 is 0 Å². The average Bonchev–Trinajstić information content (AvgIpc) is 2.97. The highest BCUT2D eigenvalue weighted by Gasteiger charge is 2.15. The summed E-state index contributed by atoms with van der Waals surface area (Å²) in [6, 6.07) is 15.0. The Bertz CT molecular complexity index is 574. The van der Waals surface area contributed by atoms with Gasteiger partial charge in [-0.2, -0.15) is 0 Å².